The molecule has 0 amide bonds. The summed E-state index contributed by atoms with van der Waals surface area (Å²) in [5, 5.41) is 20.0. The van der Waals surface area contributed by atoms with Crippen LogP contribution in [0.1, 0.15) is 13.8 Å². The van der Waals surface area contributed by atoms with Gasteiger partial charge in [-0.25, -0.2) is 8.42 Å². The molecule has 4 N–H and O–H groups in total. The maximum absolute atomic E-state index is 12.6. The summed E-state index contributed by atoms with van der Waals surface area (Å²) >= 11 is 0. The smallest absolute Gasteiger partial charge is 0.289 e. The van der Waals surface area contributed by atoms with Crippen molar-refractivity contribution in [3.05, 3.63) is 28.3 Å². The number of sulfonamides is 1. The van der Waals surface area contributed by atoms with Gasteiger partial charge in [-0.15, -0.1) is 0 Å². The van der Waals surface area contributed by atoms with E-state index in [1.54, 1.807) is 13.8 Å². The van der Waals surface area contributed by atoms with Gasteiger partial charge < -0.3 is 10.5 Å². The van der Waals surface area contributed by atoms with Gasteiger partial charge >= 0.3 is 0 Å². The first kappa shape index (κ1) is 17.3. The first-order valence-corrected chi connectivity index (χ1v) is 7.57. The number of hydrogen-bond donors (Lipinski definition) is 3. The summed E-state index contributed by atoms with van der Waals surface area (Å²) in [6.45, 7) is 2.69. The van der Waals surface area contributed by atoms with Gasteiger partial charge in [0, 0.05) is 18.7 Å². The predicted octanol–water partition coefficient (Wildman–Crippen LogP) is 0.272. The van der Waals surface area contributed by atoms with Crippen molar-refractivity contribution in [2.45, 2.75) is 24.8 Å². The van der Waals surface area contributed by atoms with Crippen LogP contribution in [0.2, 0.25) is 0 Å². The molecule has 0 heterocycles. The summed E-state index contributed by atoms with van der Waals surface area (Å²) in [6.07, 6.45) is 0. The van der Waals surface area contributed by atoms with Crippen LogP contribution in [-0.2, 0) is 10.0 Å². The fraction of sp³-hybridized carbons (Fsp3) is 0.455. The van der Waals surface area contributed by atoms with Crippen LogP contribution in [0.3, 0.4) is 0 Å². The summed E-state index contributed by atoms with van der Waals surface area (Å²) < 4.78 is 26.2. The monoisotopic (exact) mass is 318 g/mol. The molecular formula is C11H18N4O5S. The fourth-order valence-corrected chi connectivity index (χ4v) is 3.65. The van der Waals surface area contributed by atoms with Crippen LogP contribution in [0.15, 0.2) is 23.1 Å². The summed E-state index contributed by atoms with van der Waals surface area (Å²) in [7, 11) is -4.13. The molecule has 0 saturated carbocycles. The van der Waals surface area contributed by atoms with Crippen LogP contribution >= 0.6 is 0 Å². The van der Waals surface area contributed by atoms with Crippen molar-refractivity contribution in [2.75, 3.05) is 18.6 Å². The van der Waals surface area contributed by atoms with Crippen molar-refractivity contribution in [2.24, 2.45) is 5.84 Å². The normalized spacial score (nSPS) is 11.9. The zero-order chi connectivity index (χ0) is 16.2. The number of aliphatic hydroxyl groups excluding tert-OH is 1. The second-order valence-corrected chi connectivity index (χ2v) is 6.38. The number of hydrazine groups is 1. The van der Waals surface area contributed by atoms with Gasteiger partial charge in [0.2, 0.25) is 10.0 Å². The summed E-state index contributed by atoms with van der Waals surface area (Å²) in [6, 6.07) is 3.01. The highest BCUT2D eigenvalue weighted by molar-refractivity contribution is 7.89. The molecule has 0 atom stereocenters. The molecule has 1 rings (SSSR count). The van der Waals surface area contributed by atoms with E-state index in [2.05, 4.69) is 5.43 Å². The molecule has 21 heavy (non-hydrogen) atoms. The molecule has 0 aliphatic heterocycles. The van der Waals surface area contributed by atoms with E-state index < -0.39 is 31.6 Å². The minimum Gasteiger partial charge on any atom is -0.395 e. The Morgan fingerprint density at radius 2 is 2.10 bits per heavy atom. The lowest BCUT2D eigenvalue weighted by molar-refractivity contribution is -0.387. The number of anilines is 1. The van der Waals surface area contributed by atoms with Gasteiger partial charge in [-0.2, -0.15) is 4.31 Å². The summed E-state index contributed by atoms with van der Waals surface area (Å²) in [5.41, 5.74) is 1.94. The number of benzene rings is 1. The third-order valence-corrected chi connectivity index (χ3v) is 4.91. The molecule has 0 fully saturated rings. The van der Waals surface area contributed by atoms with E-state index in [1.807, 2.05) is 0 Å². The highest BCUT2D eigenvalue weighted by Gasteiger charge is 2.33. The molecule has 0 bridgehead atoms. The van der Waals surface area contributed by atoms with Crippen LogP contribution < -0.4 is 11.3 Å². The molecule has 1 aromatic rings. The zero-order valence-electron chi connectivity index (χ0n) is 11.7. The van der Waals surface area contributed by atoms with Gasteiger partial charge in [0.25, 0.3) is 5.69 Å². The maximum Gasteiger partial charge on any atom is 0.289 e. The van der Waals surface area contributed by atoms with Crippen molar-refractivity contribution < 1.29 is 18.4 Å². The molecule has 0 aliphatic carbocycles. The maximum atomic E-state index is 12.6. The number of rotatable bonds is 7. The highest BCUT2D eigenvalue weighted by atomic mass is 32.2. The number of nitrogens with zero attached hydrogens (tertiary/aromatic N) is 2. The average Bonchev–Trinajstić information content (AvgIpc) is 2.43. The van der Waals surface area contributed by atoms with Crippen molar-refractivity contribution in [3.63, 3.8) is 0 Å². The molecule has 0 unspecified atom stereocenters. The lowest BCUT2D eigenvalue weighted by Crippen LogP contribution is -2.39. The molecule has 0 aromatic heterocycles. The Morgan fingerprint density at radius 1 is 1.48 bits per heavy atom. The Morgan fingerprint density at radius 3 is 2.52 bits per heavy atom. The molecule has 10 heteroatoms. The van der Waals surface area contributed by atoms with Gasteiger partial charge in [-0.1, -0.05) is 0 Å². The number of nitro benzene ring substituents is 1. The van der Waals surface area contributed by atoms with Crippen molar-refractivity contribution in [3.8, 4) is 0 Å². The Bertz CT molecular complexity index is 617. The van der Waals surface area contributed by atoms with Gasteiger partial charge in [-0.3, -0.25) is 16.0 Å². The second kappa shape index (κ2) is 6.80. The molecule has 0 radical (unpaired) electrons. The minimum absolute atomic E-state index is 0.155. The molecule has 1 aromatic carbocycles. The largest absolute Gasteiger partial charge is 0.395 e. The number of aliphatic hydroxyl groups is 1. The summed E-state index contributed by atoms with van der Waals surface area (Å²) in [5.74, 6) is 5.21. The average molecular weight is 318 g/mol. The SMILES string of the molecule is CC(C)N(CCO)S(=O)(=O)c1cc(NN)ccc1[N+](=O)[O-]. The van der Waals surface area contributed by atoms with E-state index in [0.29, 0.717) is 0 Å². The van der Waals surface area contributed by atoms with Crippen LogP contribution in [0.4, 0.5) is 11.4 Å². The Labute approximate surface area is 122 Å². The zero-order valence-corrected chi connectivity index (χ0v) is 12.5. The summed E-state index contributed by atoms with van der Waals surface area (Å²) in [4.78, 5) is 9.80. The number of nitrogens with two attached hydrogens (primary N) is 1. The predicted molar refractivity (Wildman–Crippen MR) is 77.0 cm³/mol. The Balaban J connectivity index is 3.50. The van der Waals surface area contributed by atoms with E-state index in [9.17, 15) is 18.5 Å². The van der Waals surface area contributed by atoms with Gasteiger partial charge in [0.1, 0.15) is 0 Å². The first-order chi connectivity index (χ1) is 9.75. The molecule has 0 aliphatic rings. The number of nitrogen functional groups attached to an aromatic ring is 1. The van der Waals surface area contributed by atoms with Crippen LogP contribution in [0, 0.1) is 10.1 Å². The molecule has 118 valence electrons. The topological polar surface area (TPSA) is 139 Å². The Hall–Kier alpha value is -1.75. The minimum atomic E-state index is -4.13. The van der Waals surface area contributed by atoms with Crippen molar-refractivity contribution >= 4 is 21.4 Å². The Kier molecular flexibility index (Phi) is 5.61. The lowest BCUT2D eigenvalue weighted by Gasteiger charge is -2.25. The first-order valence-electron chi connectivity index (χ1n) is 6.13. The van der Waals surface area contributed by atoms with Crippen molar-refractivity contribution in [1.29, 1.82) is 0 Å². The number of nitrogens with one attached hydrogen (secondary N) is 1. The third-order valence-electron chi connectivity index (χ3n) is 2.81. The highest BCUT2D eigenvalue weighted by Crippen LogP contribution is 2.30. The van der Waals surface area contributed by atoms with Gasteiger partial charge in [-0.05, 0) is 26.0 Å². The van der Waals surface area contributed by atoms with Crippen LogP contribution in [0.25, 0.3) is 0 Å². The molecular weight excluding hydrogens is 300 g/mol. The van der Waals surface area contributed by atoms with E-state index in [1.165, 1.54) is 6.07 Å². The van der Waals surface area contributed by atoms with Crippen LogP contribution in [-0.4, -0.2) is 41.9 Å². The van der Waals surface area contributed by atoms with Gasteiger partial charge in [0.15, 0.2) is 4.90 Å². The quantitative estimate of drug-likeness (QED) is 0.372. The lowest BCUT2D eigenvalue weighted by atomic mass is 10.3. The molecule has 0 saturated heterocycles. The van der Waals surface area contributed by atoms with E-state index in [0.717, 1.165) is 16.4 Å². The van der Waals surface area contributed by atoms with Gasteiger partial charge in [0.05, 0.1) is 17.2 Å². The molecule has 9 nitrogen and oxygen atoms in total. The molecule has 0 spiro atoms. The number of hydrogen-bond acceptors (Lipinski definition) is 7. The third kappa shape index (κ3) is 3.67. The number of nitro groups is 1. The van der Waals surface area contributed by atoms with E-state index in [-0.39, 0.29) is 18.8 Å². The van der Waals surface area contributed by atoms with Crippen molar-refractivity contribution in [1.82, 2.24) is 4.31 Å². The second-order valence-electron chi connectivity index (χ2n) is 4.52. The van der Waals surface area contributed by atoms with E-state index >= 15 is 0 Å². The fourth-order valence-electron chi connectivity index (χ4n) is 1.84. The standard InChI is InChI=1S/C11H18N4O5S/c1-8(2)14(5-6-16)21(19,20)11-7-9(13-12)3-4-10(11)15(17)18/h3-4,7-8,13,16H,5-6,12H2,1-2H3. The van der Waals surface area contributed by atoms with E-state index in [4.69, 9.17) is 10.9 Å². The van der Waals surface area contributed by atoms with Crippen LogP contribution in [0.5, 0.6) is 0 Å².